The molecule has 7 heteroatoms. The molecule has 20 heavy (non-hydrogen) atoms. The summed E-state index contributed by atoms with van der Waals surface area (Å²) in [5, 5.41) is 13.7. The van der Waals surface area contributed by atoms with Crippen molar-refractivity contribution >= 4 is 17.8 Å². The Morgan fingerprint density at radius 2 is 1.80 bits per heavy atom. The van der Waals surface area contributed by atoms with E-state index in [9.17, 15) is 14.4 Å². The molecule has 0 bridgehead atoms. The summed E-state index contributed by atoms with van der Waals surface area (Å²) < 4.78 is 0. The molecule has 5 N–H and O–H groups in total. The number of amides is 2. The Hall–Kier alpha value is -1.63. The van der Waals surface area contributed by atoms with Crippen molar-refractivity contribution in [2.75, 3.05) is 13.1 Å². The van der Waals surface area contributed by atoms with Gasteiger partial charge in [0.25, 0.3) is 0 Å². The maximum atomic E-state index is 11.5. The van der Waals surface area contributed by atoms with Gasteiger partial charge < -0.3 is 21.5 Å². The van der Waals surface area contributed by atoms with Crippen LogP contribution in [0, 0.1) is 11.8 Å². The predicted molar refractivity (Wildman–Crippen MR) is 74.9 cm³/mol. The smallest absolute Gasteiger partial charge is 0.303 e. The molecular weight excluding hydrogens is 262 g/mol. The Morgan fingerprint density at radius 1 is 1.20 bits per heavy atom. The van der Waals surface area contributed by atoms with Crippen molar-refractivity contribution in [1.29, 1.82) is 0 Å². The lowest BCUT2D eigenvalue weighted by Crippen LogP contribution is -2.47. The van der Waals surface area contributed by atoms with Gasteiger partial charge in [-0.25, -0.2) is 0 Å². The van der Waals surface area contributed by atoms with Gasteiger partial charge in [0.2, 0.25) is 11.8 Å². The second-order valence-corrected chi connectivity index (χ2v) is 5.16. The molecule has 0 aromatic heterocycles. The molecule has 7 nitrogen and oxygen atoms in total. The lowest BCUT2D eigenvalue weighted by Gasteiger charge is -2.16. The highest BCUT2D eigenvalue weighted by molar-refractivity contribution is 5.87. The predicted octanol–water partition coefficient (Wildman–Crippen LogP) is -0.297. The zero-order chi connectivity index (χ0) is 15.7. The first-order valence-electron chi connectivity index (χ1n) is 6.79. The number of aliphatic carboxylic acids is 1. The van der Waals surface area contributed by atoms with Crippen molar-refractivity contribution in [2.45, 2.75) is 39.7 Å². The molecule has 0 radical (unpaired) electrons. The molecule has 0 saturated carbocycles. The van der Waals surface area contributed by atoms with Crippen LogP contribution in [0.2, 0.25) is 0 Å². The quantitative estimate of drug-likeness (QED) is 0.464. The van der Waals surface area contributed by atoms with Gasteiger partial charge in [0.1, 0.15) is 0 Å². The van der Waals surface area contributed by atoms with Gasteiger partial charge in [0.05, 0.1) is 12.6 Å². The highest BCUT2D eigenvalue weighted by Gasteiger charge is 2.18. The van der Waals surface area contributed by atoms with Gasteiger partial charge in [-0.3, -0.25) is 14.4 Å². The van der Waals surface area contributed by atoms with E-state index in [1.165, 1.54) is 0 Å². The lowest BCUT2D eigenvalue weighted by molar-refractivity contribution is -0.138. The van der Waals surface area contributed by atoms with E-state index in [0.29, 0.717) is 6.42 Å². The fourth-order valence-corrected chi connectivity index (χ4v) is 1.52. The van der Waals surface area contributed by atoms with Crippen molar-refractivity contribution in [3.05, 3.63) is 0 Å². The summed E-state index contributed by atoms with van der Waals surface area (Å²) in [5.41, 5.74) is 5.64. The molecule has 0 aliphatic carbocycles. The molecule has 0 aromatic rings. The Kier molecular flexibility index (Phi) is 8.54. The van der Waals surface area contributed by atoms with E-state index < -0.39 is 12.0 Å². The van der Waals surface area contributed by atoms with Crippen LogP contribution < -0.4 is 16.4 Å². The fourth-order valence-electron chi connectivity index (χ4n) is 1.52. The molecular formula is C13H25N3O4. The summed E-state index contributed by atoms with van der Waals surface area (Å²) in [5.74, 6) is -1.71. The molecule has 0 aliphatic heterocycles. The molecule has 0 aliphatic rings. The second kappa shape index (κ2) is 9.30. The van der Waals surface area contributed by atoms with E-state index in [4.69, 9.17) is 10.8 Å². The minimum atomic E-state index is -0.887. The highest BCUT2D eigenvalue weighted by Crippen LogP contribution is 2.06. The zero-order valence-corrected chi connectivity index (χ0v) is 12.3. The Labute approximate surface area is 119 Å². The van der Waals surface area contributed by atoms with Crippen molar-refractivity contribution in [3.8, 4) is 0 Å². The minimum Gasteiger partial charge on any atom is -0.481 e. The average molecular weight is 287 g/mol. The Balaban J connectivity index is 3.99. The third-order valence-corrected chi connectivity index (χ3v) is 3.07. The van der Waals surface area contributed by atoms with Crippen LogP contribution >= 0.6 is 0 Å². The molecule has 0 heterocycles. The van der Waals surface area contributed by atoms with Gasteiger partial charge in [-0.1, -0.05) is 27.2 Å². The van der Waals surface area contributed by atoms with E-state index in [2.05, 4.69) is 10.6 Å². The lowest BCUT2D eigenvalue weighted by atomic mass is 10.0. The first-order valence-corrected chi connectivity index (χ1v) is 6.79. The molecule has 0 saturated heterocycles. The number of carbonyl (C=O) groups excluding carboxylic acids is 2. The molecule has 0 fully saturated rings. The van der Waals surface area contributed by atoms with Crippen LogP contribution in [-0.2, 0) is 14.4 Å². The van der Waals surface area contributed by atoms with Crippen LogP contribution in [0.5, 0.6) is 0 Å². The number of carbonyl (C=O) groups is 3. The maximum absolute atomic E-state index is 11.5. The van der Waals surface area contributed by atoms with Crippen molar-refractivity contribution in [3.63, 3.8) is 0 Å². The third-order valence-electron chi connectivity index (χ3n) is 3.07. The third kappa shape index (κ3) is 7.73. The standard InChI is InChI=1S/C13H25N3O4/c1-4-9(5-11(18)19)6-15-10(17)7-16-13(20)12(14)8(2)3/h8-9,12H,4-7,14H2,1-3H3,(H,15,17)(H,16,20)(H,18,19)/t9?,12-/m0/s1. The van der Waals surface area contributed by atoms with E-state index in [1.807, 2.05) is 20.8 Å². The molecule has 0 rings (SSSR count). The van der Waals surface area contributed by atoms with Crippen molar-refractivity contribution in [2.24, 2.45) is 17.6 Å². The molecule has 116 valence electrons. The van der Waals surface area contributed by atoms with Gasteiger partial charge in [0, 0.05) is 13.0 Å². The summed E-state index contributed by atoms with van der Waals surface area (Å²) >= 11 is 0. The molecule has 2 atom stereocenters. The average Bonchev–Trinajstić information content (AvgIpc) is 2.39. The van der Waals surface area contributed by atoms with Gasteiger partial charge in [-0.15, -0.1) is 0 Å². The molecule has 0 spiro atoms. The SMILES string of the molecule is CCC(CNC(=O)CNC(=O)[C@@H](N)C(C)C)CC(=O)O. The zero-order valence-electron chi connectivity index (χ0n) is 12.3. The van der Waals surface area contributed by atoms with Gasteiger partial charge in [-0.2, -0.15) is 0 Å². The van der Waals surface area contributed by atoms with Crippen LogP contribution in [0.25, 0.3) is 0 Å². The first kappa shape index (κ1) is 18.4. The van der Waals surface area contributed by atoms with E-state index in [0.717, 1.165) is 0 Å². The summed E-state index contributed by atoms with van der Waals surface area (Å²) in [7, 11) is 0. The Morgan fingerprint density at radius 3 is 2.25 bits per heavy atom. The summed E-state index contributed by atoms with van der Waals surface area (Å²) in [4.78, 5) is 33.7. The van der Waals surface area contributed by atoms with Crippen LogP contribution in [0.1, 0.15) is 33.6 Å². The monoisotopic (exact) mass is 287 g/mol. The first-order chi connectivity index (χ1) is 9.27. The van der Waals surface area contributed by atoms with Crippen molar-refractivity contribution < 1.29 is 19.5 Å². The number of nitrogens with two attached hydrogens (primary N) is 1. The van der Waals surface area contributed by atoms with Crippen LogP contribution in [-0.4, -0.2) is 42.0 Å². The van der Waals surface area contributed by atoms with E-state index in [-0.39, 0.29) is 43.2 Å². The fraction of sp³-hybridized carbons (Fsp3) is 0.769. The highest BCUT2D eigenvalue weighted by atomic mass is 16.4. The minimum absolute atomic E-state index is 0.00176. The second-order valence-electron chi connectivity index (χ2n) is 5.16. The van der Waals surface area contributed by atoms with Gasteiger partial charge >= 0.3 is 5.97 Å². The Bertz CT molecular complexity index is 345. The van der Waals surface area contributed by atoms with Crippen LogP contribution in [0.3, 0.4) is 0 Å². The van der Waals surface area contributed by atoms with Crippen LogP contribution in [0.4, 0.5) is 0 Å². The summed E-state index contributed by atoms with van der Waals surface area (Å²) in [6, 6.07) is -0.641. The number of carboxylic acid groups (broad SMARTS) is 1. The van der Waals surface area contributed by atoms with E-state index in [1.54, 1.807) is 0 Å². The number of rotatable bonds is 9. The van der Waals surface area contributed by atoms with E-state index >= 15 is 0 Å². The summed E-state index contributed by atoms with van der Waals surface area (Å²) in [6.07, 6.45) is 0.679. The molecule has 2 amide bonds. The van der Waals surface area contributed by atoms with Crippen LogP contribution in [0.15, 0.2) is 0 Å². The largest absolute Gasteiger partial charge is 0.481 e. The maximum Gasteiger partial charge on any atom is 0.303 e. The molecule has 0 aromatic carbocycles. The van der Waals surface area contributed by atoms with Gasteiger partial charge in [-0.05, 0) is 11.8 Å². The number of hydrogen-bond donors (Lipinski definition) is 4. The topological polar surface area (TPSA) is 122 Å². The number of nitrogens with one attached hydrogen (secondary N) is 2. The summed E-state index contributed by atoms with van der Waals surface area (Å²) in [6.45, 7) is 5.64. The van der Waals surface area contributed by atoms with Crippen molar-refractivity contribution in [1.82, 2.24) is 10.6 Å². The van der Waals surface area contributed by atoms with Gasteiger partial charge in [0.15, 0.2) is 0 Å². The normalized spacial score (nSPS) is 13.7. The molecule has 1 unspecified atom stereocenters. The number of hydrogen-bond acceptors (Lipinski definition) is 4. The number of carboxylic acids is 1.